The molecule has 1 aliphatic rings. The highest BCUT2D eigenvalue weighted by Crippen LogP contribution is 2.31. The number of aromatic nitrogens is 1. The van der Waals surface area contributed by atoms with Crippen molar-refractivity contribution in [1.82, 2.24) is 14.8 Å². The zero-order valence-electron chi connectivity index (χ0n) is 24.2. The number of carboxylic acid groups (broad SMARTS) is 1. The highest BCUT2D eigenvalue weighted by atomic mass is 32.2. The molecule has 12 nitrogen and oxygen atoms in total. The van der Waals surface area contributed by atoms with Gasteiger partial charge in [0.2, 0.25) is 5.91 Å². The average molecular weight is 580 g/mol. The Morgan fingerprint density at radius 1 is 1.20 bits per heavy atom. The average Bonchev–Trinajstić information content (AvgIpc) is 2.85. The van der Waals surface area contributed by atoms with Gasteiger partial charge >= 0.3 is 11.7 Å². The topological polar surface area (TPSA) is 153 Å². The first-order valence-electron chi connectivity index (χ1n) is 13.5. The lowest BCUT2D eigenvalue weighted by atomic mass is 10.0. The lowest BCUT2D eigenvalue weighted by Gasteiger charge is -2.34. The number of nitrogens with one attached hydrogen (secondary N) is 1. The predicted molar refractivity (Wildman–Crippen MR) is 155 cm³/mol. The number of amides is 2. The third-order valence-corrected chi connectivity index (χ3v) is 8.06. The summed E-state index contributed by atoms with van der Waals surface area (Å²) >= 11 is 0. The first kappa shape index (κ1) is 31.3. The zero-order chi connectivity index (χ0) is 29.8. The fourth-order valence-electron chi connectivity index (χ4n) is 4.95. The molecule has 1 aromatic heterocycles. The molecule has 0 aliphatic carbocycles. The Kier molecular flexibility index (Phi) is 9.83. The molecule has 2 N–H and O–H groups in total. The van der Waals surface area contributed by atoms with Gasteiger partial charge in [-0.25, -0.2) is 18.0 Å². The largest absolute Gasteiger partial charge is 0.465 e. The normalized spacial score (nSPS) is 15.6. The van der Waals surface area contributed by atoms with E-state index in [4.69, 9.17) is 4.42 Å². The van der Waals surface area contributed by atoms with Crippen LogP contribution in [0.2, 0.25) is 0 Å². The molecule has 0 bridgehead atoms. The zero-order valence-corrected chi connectivity index (χ0v) is 25.0. The van der Waals surface area contributed by atoms with Crippen molar-refractivity contribution < 1.29 is 27.5 Å². The second-order valence-corrected chi connectivity index (χ2v) is 13.7. The van der Waals surface area contributed by atoms with E-state index < -0.39 is 33.1 Å². The van der Waals surface area contributed by atoms with Crippen LogP contribution in [0.4, 0.5) is 16.5 Å². The Balaban J connectivity index is 1.89. The molecule has 222 valence electrons. The Morgan fingerprint density at radius 3 is 2.42 bits per heavy atom. The number of carbonyl (C=O) groups is 2. The number of piperidine rings is 1. The molecule has 13 heteroatoms. The van der Waals surface area contributed by atoms with Crippen LogP contribution >= 0.6 is 0 Å². The standard InChI is InChI=1S/C27H41N5O7S/c1-18-21(32(26(35)36)27(2,3)4)11-10-19-22(18)24(34)39-25(28-19)29-20(12-17-40(6,37)38)23(33)30(5)15-16-31-13-8-7-9-14-31/h10-11,20H,7-9,12-17H2,1-6H3,(H,28,29)(H,35,36)/t20-/m0/s1. The summed E-state index contributed by atoms with van der Waals surface area (Å²) in [6.45, 7) is 10.0. The molecule has 0 spiro atoms. The predicted octanol–water partition coefficient (Wildman–Crippen LogP) is 2.94. The monoisotopic (exact) mass is 579 g/mol. The molecule has 1 saturated heterocycles. The number of anilines is 2. The molecule has 1 aromatic carbocycles. The first-order valence-corrected chi connectivity index (χ1v) is 15.5. The van der Waals surface area contributed by atoms with Gasteiger partial charge < -0.3 is 24.6 Å². The summed E-state index contributed by atoms with van der Waals surface area (Å²) in [4.78, 5) is 47.9. The van der Waals surface area contributed by atoms with Gasteiger partial charge in [0.15, 0.2) is 0 Å². The van der Waals surface area contributed by atoms with Gasteiger partial charge in [-0.15, -0.1) is 0 Å². The Labute approximate surface area is 235 Å². The van der Waals surface area contributed by atoms with Crippen molar-refractivity contribution >= 4 is 44.4 Å². The first-order chi connectivity index (χ1) is 18.6. The fourth-order valence-corrected chi connectivity index (χ4v) is 5.62. The van der Waals surface area contributed by atoms with Gasteiger partial charge in [-0.3, -0.25) is 9.69 Å². The number of carbonyl (C=O) groups excluding carboxylic acids is 1. The molecular weight excluding hydrogens is 538 g/mol. The van der Waals surface area contributed by atoms with Crippen LogP contribution in [0.5, 0.6) is 0 Å². The molecule has 0 radical (unpaired) electrons. The summed E-state index contributed by atoms with van der Waals surface area (Å²) in [6, 6.07) is 1.90. The molecule has 1 fully saturated rings. The fraction of sp³-hybridized carbons (Fsp3) is 0.630. The van der Waals surface area contributed by atoms with Gasteiger partial charge in [0.05, 0.1) is 22.3 Å². The second kappa shape index (κ2) is 12.5. The number of likely N-dealkylation sites (tertiary alicyclic amines) is 1. The smallest absolute Gasteiger partial charge is 0.412 e. The third kappa shape index (κ3) is 7.94. The van der Waals surface area contributed by atoms with Crippen LogP contribution in [0.1, 0.15) is 52.0 Å². The Bertz CT molecular complexity index is 1390. The van der Waals surface area contributed by atoms with Crippen molar-refractivity contribution in [2.45, 2.75) is 65.0 Å². The van der Waals surface area contributed by atoms with Gasteiger partial charge in [0.25, 0.3) is 6.01 Å². The number of hydrogen-bond donors (Lipinski definition) is 2. The molecule has 1 atom stereocenters. The van der Waals surface area contributed by atoms with Crippen LogP contribution in [-0.4, -0.2) is 97.1 Å². The second-order valence-electron chi connectivity index (χ2n) is 11.5. The lowest BCUT2D eigenvalue weighted by molar-refractivity contribution is -0.131. The van der Waals surface area contributed by atoms with Crippen molar-refractivity contribution in [3.05, 3.63) is 28.1 Å². The van der Waals surface area contributed by atoms with Crippen molar-refractivity contribution in [2.75, 3.05) is 55.5 Å². The van der Waals surface area contributed by atoms with Crippen LogP contribution < -0.4 is 15.8 Å². The number of hydrogen-bond acceptors (Lipinski definition) is 9. The van der Waals surface area contributed by atoms with Gasteiger partial charge in [0, 0.05) is 31.9 Å². The molecule has 3 rings (SSSR count). The van der Waals surface area contributed by atoms with Crippen LogP contribution in [0.25, 0.3) is 10.9 Å². The van der Waals surface area contributed by atoms with E-state index in [0.29, 0.717) is 24.3 Å². The summed E-state index contributed by atoms with van der Waals surface area (Å²) < 4.78 is 29.2. The Morgan fingerprint density at radius 2 is 1.85 bits per heavy atom. The van der Waals surface area contributed by atoms with Gasteiger partial charge in [-0.05, 0) is 77.7 Å². The van der Waals surface area contributed by atoms with E-state index in [2.05, 4.69) is 15.2 Å². The van der Waals surface area contributed by atoms with Crippen molar-refractivity contribution in [1.29, 1.82) is 0 Å². The van der Waals surface area contributed by atoms with E-state index in [9.17, 15) is 27.9 Å². The summed E-state index contributed by atoms with van der Waals surface area (Å²) in [6.07, 6.45) is 3.38. The van der Waals surface area contributed by atoms with Crippen molar-refractivity contribution in [3.8, 4) is 0 Å². The summed E-state index contributed by atoms with van der Waals surface area (Å²) in [5, 5.41) is 12.8. The maximum Gasteiger partial charge on any atom is 0.412 e. The number of likely N-dealkylation sites (N-methyl/N-ethyl adjacent to an activating group) is 1. The SMILES string of the molecule is Cc1c(N(C(=O)O)C(C)(C)C)ccc2nc(N[C@@H](CCS(C)(=O)=O)C(=O)N(C)CCN3CCCCC3)oc(=O)c12. The molecular formula is C27H41N5O7S. The summed E-state index contributed by atoms with van der Waals surface area (Å²) in [7, 11) is -1.70. The maximum absolute atomic E-state index is 13.4. The molecule has 0 unspecified atom stereocenters. The summed E-state index contributed by atoms with van der Waals surface area (Å²) in [5.74, 6) is -0.576. The molecule has 2 heterocycles. The minimum atomic E-state index is -3.37. The number of nitrogens with zero attached hydrogens (tertiary/aromatic N) is 4. The van der Waals surface area contributed by atoms with E-state index in [0.717, 1.165) is 32.2 Å². The molecule has 2 aromatic rings. The lowest BCUT2D eigenvalue weighted by Crippen LogP contribution is -2.45. The van der Waals surface area contributed by atoms with E-state index in [1.165, 1.54) is 17.4 Å². The number of sulfone groups is 1. The molecule has 2 amide bonds. The van der Waals surface area contributed by atoms with Crippen LogP contribution in [-0.2, 0) is 14.6 Å². The highest BCUT2D eigenvalue weighted by molar-refractivity contribution is 7.90. The highest BCUT2D eigenvalue weighted by Gasteiger charge is 2.31. The van der Waals surface area contributed by atoms with E-state index in [1.54, 1.807) is 45.7 Å². The van der Waals surface area contributed by atoms with Crippen molar-refractivity contribution in [2.24, 2.45) is 0 Å². The number of benzene rings is 1. The van der Waals surface area contributed by atoms with Crippen LogP contribution in [0.3, 0.4) is 0 Å². The molecule has 0 saturated carbocycles. The maximum atomic E-state index is 13.4. The van der Waals surface area contributed by atoms with E-state index >= 15 is 0 Å². The summed E-state index contributed by atoms with van der Waals surface area (Å²) in [5.41, 5.74) is -0.540. The number of aryl methyl sites for hydroxylation is 1. The quantitative estimate of drug-likeness (QED) is 0.429. The molecule has 1 aliphatic heterocycles. The van der Waals surface area contributed by atoms with Gasteiger partial charge in [-0.2, -0.15) is 4.98 Å². The van der Waals surface area contributed by atoms with Crippen LogP contribution in [0.15, 0.2) is 21.3 Å². The number of rotatable bonds is 10. The minimum Gasteiger partial charge on any atom is -0.465 e. The Hall–Kier alpha value is -3.19. The third-order valence-electron chi connectivity index (χ3n) is 7.08. The van der Waals surface area contributed by atoms with Gasteiger partial charge in [-0.1, -0.05) is 6.42 Å². The minimum absolute atomic E-state index is 0.0354. The van der Waals surface area contributed by atoms with Crippen molar-refractivity contribution in [3.63, 3.8) is 0 Å². The van der Waals surface area contributed by atoms with Crippen LogP contribution in [0, 0.1) is 6.92 Å². The van der Waals surface area contributed by atoms with Gasteiger partial charge in [0.1, 0.15) is 15.9 Å². The molecule has 40 heavy (non-hydrogen) atoms. The van der Waals surface area contributed by atoms with E-state index in [1.807, 2.05) is 0 Å². The van der Waals surface area contributed by atoms with E-state index in [-0.39, 0.29) is 35.0 Å². The number of fused-ring (bicyclic) bond motifs is 1.